The summed E-state index contributed by atoms with van der Waals surface area (Å²) in [5.41, 5.74) is 6.92. The Labute approximate surface area is 147 Å². The number of nitrogen functional groups attached to an aromatic ring is 1. The molecule has 0 atom stereocenters. The van der Waals surface area contributed by atoms with Gasteiger partial charge in [0.2, 0.25) is 5.95 Å². The van der Waals surface area contributed by atoms with Crippen LogP contribution in [0.5, 0.6) is 5.75 Å². The van der Waals surface area contributed by atoms with Crippen molar-refractivity contribution in [2.24, 2.45) is 5.92 Å². The van der Waals surface area contributed by atoms with Crippen molar-refractivity contribution in [1.82, 2.24) is 9.97 Å². The van der Waals surface area contributed by atoms with E-state index < -0.39 is 0 Å². The summed E-state index contributed by atoms with van der Waals surface area (Å²) in [7, 11) is 1.59. The van der Waals surface area contributed by atoms with Crippen molar-refractivity contribution in [3.05, 3.63) is 36.0 Å². The highest BCUT2D eigenvalue weighted by atomic mass is 16.5. The summed E-state index contributed by atoms with van der Waals surface area (Å²) >= 11 is 0. The van der Waals surface area contributed by atoms with Crippen LogP contribution in [0.25, 0.3) is 0 Å². The molecule has 0 spiro atoms. The predicted molar refractivity (Wildman–Crippen MR) is 98.0 cm³/mol. The van der Waals surface area contributed by atoms with Gasteiger partial charge in [0, 0.05) is 25.0 Å². The number of rotatable bonds is 4. The Hall–Kier alpha value is -2.83. The van der Waals surface area contributed by atoms with Crippen LogP contribution in [-0.2, 0) is 0 Å². The molecule has 0 radical (unpaired) electrons. The van der Waals surface area contributed by atoms with Crippen LogP contribution in [0.2, 0.25) is 0 Å². The first-order valence-electron chi connectivity index (χ1n) is 8.39. The van der Waals surface area contributed by atoms with Crippen molar-refractivity contribution < 1.29 is 9.53 Å². The second kappa shape index (κ2) is 7.38. The molecule has 0 aliphatic carbocycles. The molecule has 25 heavy (non-hydrogen) atoms. The van der Waals surface area contributed by atoms with E-state index in [0.29, 0.717) is 11.6 Å². The fraction of sp³-hybridized carbons (Fsp3) is 0.389. The third-order valence-corrected chi connectivity index (χ3v) is 4.46. The highest BCUT2D eigenvalue weighted by Crippen LogP contribution is 2.22. The van der Waals surface area contributed by atoms with Crippen molar-refractivity contribution in [3.63, 3.8) is 0 Å². The van der Waals surface area contributed by atoms with E-state index in [1.165, 1.54) is 6.20 Å². The van der Waals surface area contributed by atoms with Crippen molar-refractivity contribution in [2.45, 2.75) is 19.8 Å². The Morgan fingerprint density at radius 2 is 1.96 bits per heavy atom. The summed E-state index contributed by atoms with van der Waals surface area (Å²) in [5.74, 6) is 1.89. The van der Waals surface area contributed by atoms with Crippen LogP contribution in [0.1, 0.15) is 30.1 Å². The molecular formula is C18H23N5O2. The molecule has 1 aliphatic rings. The SMILES string of the molecule is COc1ccc(NC(=O)c2cnc(N3CCC(C)CC3)nc2N)cc1. The summed E-state index contributed by atoms with van der Waals surface area (Å²) in [6.45, 7) is 4.08. The molecule has 3 rings (SSSR count). The average Bonchev–Trinajstić information content (AvgIpc) is 2.62. The van der Waals surface area contributed by atoms with Gasteiger partial charge in [-0.3, -0.25) is 4.79 Å². The van der Waals surface area contributed by atoms with Gasteiger partial charge in [0.15, 0.2) is 0 Å². The summed E-state index contributed by atoms with van der Waals surface area (Å²) in [5, 5.41) is 2.79. The number of aromatic nitrogens is 2. The van der Waals surface area contributed by atoms with E-state index in [1.54, 1.807) is 31.4 Å². The van der Waals surface area contributed by atoms with Gasteiger partial charge in [0.25, 0.3) is 5.91 Å². The summed E-state index contributed by atoms with van der Waals surface area (Å²) in [4.78, 5) is 23.2. The zero-order valence-corrected chi connectivity index (χ0v) is 14.5. The zero-order chi connectivity index (χ0) is 17.8. The van der Waals surface area contributed by atoms with Crippen LogP contribution in [0.15, 0.2) is 30.5 Å². The van der Waals surface area contributed by atoms with E-state index in [2.05, 4.69) is 27.1 Å². The number of hydrogen-bond acceptors (Lipinski definition) is 6. The first-order valence-corrected chi connectivity index (χ1v) is 8.39. The average molecular weight is 341 g/mol. The maximum Gasteiger partial charge on any atom is 0.260 e. The van der Waals surface area contributed by atoms with Crippen LogP contribution in [-0.4, -0.2) is 36.1 Å². The van der Waals surface area contributed by atoms with Gasteiger partial charge in [-0.25, -0.2) is 4.98 Å². The maximum absolute atomic E-state index is 12.4. The third kappa shape index (κ3) is 3.99. The maximum atomic E-state index is 12.4. The molecule has 132 valence electrons. The van der Waals surface area contributed by atoms with E-state index in [-0.39, 0.29) is 17.3 Å². The standard InChI is InChI=1S/C18H23N5O2/c1-12-7-9-23(10-8-12)18-20-11-15(16(19)22-18)17(24)21-13-3-5-14(25-2)6-4-13/h3-6,11-12H,7-10H2,1-2H3,(H,21,24)(H2,19,20,22). The minimum absolute atomic E-state index is 0.189. The Bertz CT molecular complexity index is 740. The number of methoxy groups -OCH3 is 1. The largest absolute Gasteiger partial charge is 0.497 e. The lowest BCUT2D eigenvalue weighted by molar-refractivity contribution is 0.102. The second-order valence-electron chi connectivity index (χ2n) is 6.32. The van der Waals surface area contributed by atoms with Gasteiger partial charge >= 0.3 is 0 Å². The number of nitrogens with zero attached hydrogens (tertiary/aromatic N) is 3. The zero-order valence-electron chi connectivity index (χ0n) is 14.5. The lowest BCUT2D eigenvalue weighted by Crippen LogP contribution is -2.34. The molecule has 1 fully saturated rings. The van der Waals surface area contributed by atoms with E-state index in [9.17, 15) is 4.79 Å². The topological polar surface area (TPSA) is 93.4 Å². The van der Waals surface area contributed by atoms with Crippen molar-refractivity contribution in [3.8, 4) is 5.75 Å². The highest BCUT2D eigenvalue weighted by molar-refractivity contribution is 6.07. The van der Waals surface area contributed by atoms with Crippen molar-refractivity contribution in [2.75, 3.05) is 36.1 Å². The second-order valence-corrected chi connectivity index (χ2v) is 6.32. The van der Waals surface area contributed by atoms with Crippen LogP contribution >= 0.6 is 0 Å². The monoisotopic (exact) mass is 341 g/mol. The first-order chi connectivity index (χ1) is 12.1. The highest BCUT2D eigenvalue weighted by Gasteiger charge is 2.20. The minimum atomic E-state index is -0.332. The third-order valence-electron chi connectivity index (χ3n) is 4.46. The molecule has 1 aliphatic heterocycles. The molecule has 0 unspecified atom stereocenters. The number of ether oxygens (including phenoxy) is 1. The number of nitrogens with one attached hydrogen (secondary N) is 1. The molecule has 2 heterocycles. The Morgan fingerprint density at radius 1 is 1.28 bits per heavy atom. The number of carbonyl (C=O) groups excluding carboxylic acids is 1. The van der Waals surface area contributed by atoms with Gasteiger partial charge in [-0.1, -0.05) is 6.92 Å². The molecule has 3 N–H and O–H groups in total. The summed E-state index contributed by atoms with van der Waals surface area (Å²) in [6.07, 6.45) is 3.72. The van der Waals surface area contributed by atoms with Gasteiger partial charge in [0.1, 0.15) is 17.1 Å². The van der Waals surface area contributed by atoms with Crippen LogP contribution in [0, 0.1) is 5.92 Å². The molecule has 7 nitrogen and oxygen atoms in total. The number of benzene rings is 1. The predicted octanol–water partition coefficient (Wildman–Crippen LogP) is 2.56. The molecule has 1 aromatic heterocycles. The number of anilines is 3. The minimum Gasteiger partial charge on any atom is -0.497 e. The summed E-state index contributed by atoms with van der Waals surface area (Å²) in [6, 6.07) is 7.07. The number of piperidine rings is 1. The van der Waals surface area contributed by atoms with Gasteiger partial charge in [-0.2, -0.15) is 4.98 Å². The molecule has 7 heteroatoms. The quantitative estimate of drug-likeness (QED) is 0.888. The van der Waals surface area contributed by atoms with Crippen LogP contribution in [0.4, 0.5) is 17.5 Å². The molecule has 1 saturated heterocycles. The fourth-order valence-corrected chi connectivity index (χ4v) is 2.79. The first kappa shape index (κ1) is 17.0. The Kier molecular flexibility index (Phi) is 5.02. The van der Waals surface area contributed by atoms with E-state index in [0.717, 1.165) is 37.6 Å². The molecule has 1 aromatic carbocycles. The number of amides is 1. The van der Waals surface area contributed by atoms with Crippen molar-refractivity contribution in [1.29, 1.82) is 0 Å². The van der Waals surface area contributed by atoms with E-state index in [1.807, 2.05) is 0 Å². The van der Waals surface area contributed by atoms with Gasteiger partial charge < -0.3 is 20.7 Å². The molecule has 0 saturated carbocycles. The molecule has 0 bridgehead atoms. The Balaban J connectivity index is 1.70. The smallest absolute Gasteiger partial charge is 0.260 e. The van der Waals surface area contributed by atoms with Gasteiger partial charge in [-0.15, -0.1) is 0 Å². The normalized spacial score (nSPS) is 15.0. The molecule has 1 amide bonds. The van der Waals surface area contributed by atoms with Gasteiger partial charge in [0.05, 0.1) is 7.11 Å². The molecule has 2 aromatic rings. The van der Waals surface area contributed by atoms with E-state index >= 15 is 0 Å². The Morgan fingerprint density at radius 3 is 2.56 bits per heavy atom. The van der Waals surface area contributed by atoms with Crippen molar-refractivity contribution >= 4 is 23.4 Å². The number of hydrogen-bond donors (Lipinski definition) is 2. The lowest BCUT2D eigenvalue weighted by Gasteiger charge is -2.30. The van der Waals surface area contributed by atoms with E-state index in [4.69, 9.17) is 10.5 Å². The fourth-order valence-electron chi connectivity index (χ4n) is 2.79. The van der Waals surface area contributed by atoms with Crippen LogP contribution in [0.3, 0.4) is 0 Å². The lowest BCUT2D eigenvalue weighted by atomic mass is 10.00. The number of carbonyl (C=O) groups is 1. The van der Waals surface area contributed by atoms with Gasteiger partial charge in [-0.05, 0) is 43.0 Å². The van der Waals surface area contributed by atoms with Crippen LogP contribution < -0.4 is 20.7 Å². The number of nitrogens with two attached hydrogens (primary N) is 1. The molecular weight excluding hydrogens is 318 g/mol. The summed E-state index contributed by atoms with van der Waals surface area (Å²) < 4.78 is 5.10.